The van der Waals surface area contributed by atoms with E-state index in [9.17, 15) is 9.59 Å². The monoisotopic (exact) mass is 552 g/mol. The van der Waals surface area contributed by atoms with E-state index in [0.717, 1.165) is 35.3 Å². The predicted octanol–water partition coefficient (Wildman–Crippen LogP) is 5.22. The highest BCUT2D eigenvalue weighted by Gasteiger charge is 2.46. The number of fused-ring (bicyclic) bond motifs is 3. The lowest BCUT2D eigenvalue weighted by atomic mass is 9.95. The van der Waals surface area contributed by atoms with Crippen LogP contribution in [-0.2, 0) is 9.53 Å². The van der Waals surface area contributed by atoms with Crippen LogP contribution in [0.1, 0.15) is 58.9 Å². The normalized spacial score (nSPS) is 20.0. The van der Waals surface area contributed by atoms with E-state index >= 15 is 0 Å². The van der Waals surface area contributed by atoms with Crippen molar-refractivity contribution in [1.29, 1.82) is 0 Å². The zero-order valence-electron chi connectivity index (χ0n) is 23.2. The van der Waals surface area contributed by atoms with Gasteiger partial charge in [-0.1, -0.05) is 23.7 Å². The Morgan fingerprint density at radius 1 is 1.10 bits per heavy atom. The molecule has 4 heterocycles. The first-order valence-electron chi connectivity index (χ1n) is 13.6. The van der Waals surface area contributed by atoms with Crippen LogP contribution in [0.3, 0.4) is 0 Å². The number of aromatic nitrogens is 3. The molecule has 0 unspecified atom stereocenters. The maximum atomic E-state index is 14.4. The van der Waals surface area contributed by atoms with Crippen LogP contribution in [0.2, 0.25) is 5.02 Å². The maximum absolute atomic E-state index is 14.4. The first kappa shape index (κ1) is 27.2. The topological polar surface area (TPSA) is 94.7 Å². The molecule has 10 heteroatoms. The van der Waals surface area contributed by atoms with E-state index in [2.05, 4.69) is 24.8 Å². The molecule has 2 amide bonds. The molecule has 0 spiro atoms. The van der Waals surface area contributed by atoms with Crippen LogP contribution in [0.4, 0.5) is 10.6 Å². The summed E-state index contributed by atoms with van der Waals surface area (Å²) in [6.45, 7) is 11.1. The Morgan fingerprint density at radius 2 is 1.77 bits per heavy atom. The van der Waals surface area contributed by atoms with Gasteiger partial charge in [0.05, 0.1) is 11.3 Å². The molecule has 2 aromatic heterocycles. The molecule has 2 aliphatic heterocycles. The fourth-order valence-electron chi connectivity index (χ4n) is 5.76. The molecule has 2 fully saturated rings. The van der Waals surface area contributed by atoms with Crippen molar-refractivity contribution < 1.29 is 14.3 Å². The van der Waals surface area contributed by atoms with Crippen molar-refractivity contribution in [3.8, 4) is 0 Å². The Hall–Kier alpha value is -3.33. The van der Waals surface area contributed by atoms with Gasteiger partial charge in [0.15, 0.2) is 0 Å². The second-order valence-electron chi connectivity index (χ2n) is 11.8. The SMILES string of the molecule is CC(C)N(C[C@@H](C(=O)N1[C@@H]2CC[C@H]1CN(c1ncnc3[nH]ccc13)C2)c1ccc(Cl)cc1)C(=O)OC(C)(C)C. The van der Waals surface area contributed by atoms with Crippen LogP contribution in [0.5, 0.6) is 0 Å². The summed E-state index contributed by atoms with van der Waals surface area (Å²) in [5.41, 5.74) is 1.01. The Balaban J connectivity index is 1.42. The minimum Gasteiger partial charge on any atom is -0.444 e. The Labute approximate surface area is 234 Å². The highest BCUT2D eigenvalue weighted by atomic mass is 35.5. The average Bonchev–Trinajstić information content (AvgIpc) is 3.45. The summed E-state index contributed by atoms with van der Waals surface area (Å²) in [7, 11) is 0. The molecule has 2 aliphatic rings. The minimum absolute atomic E-state index is 0.0353. The number of anilines is 1. The molecule has 1 aromatic carbocycles. The van der Waals surface area contributed by atoms with Gasteiger partial charge in [-0.2, -0.15) is 0 Å². The predicted molar refractivity (Wildman–Crippen MR) is 152 cm³/mol. The van der Waals surface area contributed by atoms with Crippen molar-refractivity contribution in [2.45, 2.75) is 77.1 Å². The summed E-state index contributed by atoms with van der Waals surface area (Å²) in [4.78, 5) is 45.6. The van der Waals surface area contributed by atoms with E-state index in [1.165, 1.54) is 0 Å². The molecule has 3 atom stereocenters. The van der Waals surface area contributed by atoms with E-state index < -0.39 is 17.6 Å². The summed E-state index contributed by atoms with van der Waals surface area (Å²) >= 11 is 6.19. The van der Waals surface area contributed by atoms with Gasteiger partial charge in [0.2, 0.25) is 5.91 Å². The number of aromatic amines is 1. The Morgan fingerprint density at radius 3 is 2.38 bits per heavy atom. The van der Waals surface area contributed by atoms with Gasteiger partial charge in [0.1, 0.15) is 23.4 Å². The molecule has 0 saturated carbocycles. The van der Waals surface area contributed by atoms with Crippen molar-refractivity contribution in [2.24, 2.45) is 0 Å². The van der Waals surface area contributed by atoms with Gasteiger partial charge >= 0.3 is 6.09 Å². The molecule has 2 saturated heterocycles. The summed E-state index contributed by atoms with van der Waals surface area (Å²) < 4.78 is 5.71. The lowest BCUT2D eigenvalue weighted by Crippen LogP contribution is -2.58. The van der Waals surface area contributed by atoms with Gasteiger partial charge in [0, 0.05) is 49.0 Å². The molecular formula is C29H37ClN6O3. The van der Waals surface area contributed by atoms with E-state index in [1.807, 2.05) is 59.0 Å². The summed E-state index contributed by atoms with van der Waals surface area (Å²) in [6, 6.07) is 9.35. The summed E-state index contributed by atoms with van der Waals surface area (Å²) in [5.74, 6) is 0.394. The van der Waals surface area contributed by atoms with Crippen LogP contribution < -0.4 is 4.90 Å². The van der Waals surface area contributed by atoms with Gasteiger partial charge in [-0.25, -0.2) is 14.8 Å². The second-order valence-corrected chi connectivity index (χ2v) is 12.2. The number of benzene rings is 1. The number of H-pyrrole nitrogens is 1. The number of rotatable bonds is 6. The lowest BCUT2D eigenvalue weighted by molar-refractivity contribution is -0.136. The molecule has 3 aromatic rings. The van der Waals surface area contributed by atoms with Gasteiger partial charge in [-0.05, 0) is 71.2 Å². The largest absolute Gasteiger partial charge is 0.444 e. The number of nitrogens with one attached hydrogen (secondary N) is 1. The van der Waals surface area contributed by atoms with Crippen LogP contribution in [-0.4, -0.2) is 80.1 Å². The second kappa shape index (κ2) is 10.7. The number of nitrogens with zero attached hydrogens (tertiary/aromatic N) is 5. The smallest absolute Gasteiger partial charge is 0.410 e. The van der Waals surface area contributed by atoms with Gasteiger partial charge < -0.3 is 24.4 Å². The number of ether oxygens (including phenoxy) is 1. The first-order chi connectivity index (χ1) is 18.5. The standard InChI is InChI=1S/C29H37ClN6O3/c1-18(2)35(28(38)39-29(3,4)5)16-24(19-6-8-20(30)9-7-19)27(37)36-21-10-11-22(36)15-34(14-21)26-23-12-13-31-25(23)32-17-33-26/h6-9,12-13,17-18,21-22,24H,10-11,14-16H2,1-5H3,(H,31,32,33)/t21-,22+,24-/m1/s1. The zero-order valence-corrected chi connectivity index (χ0v) is 24.0. The van der Waals surface area contributed by atoms with Crippen LogP contribution >= 0.6 is 11.6 Å². The molecule has 208 valence electrons. The number of amides is 2. The quantitative estimate of drug-likeness (QED) is 0.450. The molecular weight excluding hydrogens is 516 g/mol. The number of hydrogen-bond acceptors (Lipinski definition) is 6. The Bertz CT molecular complexity index is 1320. The van der Waals surface area contributed by atoms with E-state index in [4.69, 9.17) is 16.3 Å². The fraction of sp³-hybridized carbons (Fsp3) is 0.517. The number of carbonyl (C=O) groups excluding carboxylic acids is 2. The van der Waals surface area contributed by atoms with E-state index in [-0.39, 0.29) is 30.6 Å². The highest BCUT2D eigenvalue weighted by molar-refractivity contribution is 6.30. The van der Waals surface area contributed by atoms with Crippen LogP contribution in [0.25, 0.3) is 11.0 Å². The summed E-state index contributed by atoms with van der Waals surface area (Å²) in [6.07, 6.45) is 4.90. The number of carbonyl (C=O) groups is 2. The van der Waals surface area contributed by atoms with Crippen LogP contribution in [0, 0.1) is 0 Å². The molecule has 9 nitrogen and oxygen atoms in total. The lowest BCUT2D eigenvalue weighted by Gasteiger charge is -2.43. The number of hydrogen-bond donors (Lipinski definition) is 1. The van der Waals surface area contributed by atoms with Gasteiger partial charge in [-0.3, -0.25) is 4.79 Å². The zero-order chi connectivity index (χ0) is 27.9. The van der Waals surface area contributed by atoms with Crippen molar-refractivity contribution in [2.75, 3.05) is 24.5 Å². The molecule has 39 heavy (non-hydrogen) atoms. The third-order valence-corrected chi connectivity index (χ3v) is 7.82. The number of piperazine rings is 1. The maximum Gasteiger partial charge on any atom is 0.410 e. The minimum atomic E-state index is -0.634. The van der Waals surface area contributed by atoms with E-state index in [0.29, 0.717) is 18.1 Å². The van der Waals surface area contributed by atoms with Crippen LogP contribution in [0.15, 0.2) is 42.9 Å². The molecule has 0 aliphatic carbocycles. The molecule has 5 rings (SSSR count). The van der Waals surface area contributed by atoms with Crippen molar-refractivity contribution in [3.63, 3.8) is 0 Å². The molecule has 0 radical (unpaired) electrons. The third-order valence-electron chi connectivity index (χ3n) is 7.57. The first-order valence-corrected chi connectivity index (χ1v) is 14.0. The van der Waals surface area contributed by atoms with Gasteiger partial charge in [0.25, 0.3) is 0 Å². The third kappa shape index (κ3) is 5.69. The van der Waals surface area contributed by atoms with Crippen molar-refractivity contribution in [3.05, 3.63) is 53.4 Å². The average molecular weight is 553 g/mol. The molecule has 2 bridgehead atoms. The van der Waals surface area contributed by atoms with Crippen molar-refractivity contribution >= 4 is 40.5 Å². The highest BCUT2D eigenvalue weighted by Crippen LogP contribution is 2.37. The fourth-order valence-corrected chi connectivity index (χ4v) is 5.89. The Kier molecular flexibility index (Phi) is 7.46. The molecule has 1 N–H and O–H groups in total. The van der Waals surface area contributed by atoms with Gasteiger partial charge in [-0.15, -0.1) is 0 Å². The van der Waals surface area contributed by atoms with E-state index in [1.54, 1.807) is 23.4 Å². The number of halogens is 1. The summed E-state index contributed by atoms with van der Waals surface area (Å²) in [5, 5.41) is 1.59. The van der Waals surface area contributed by atoms with Crippen molar-refractivity contribution in [1.82, 2.24) is 24.8 Å².